The van der Waals surface area contributed by atoms with E-state index in [-0.39, 0.29) is 22.0 Å². The van der Waals surface area contributed by atoms with E-state index in [1.165, 1.54) is 30.7 Å². The van der Waals surface area contributed by atoms with Gasteiger partial charge in [0.25, 0.3) is 0 Å². The maximum absolute atomic E-state index is 14.7. The molecule has 2 heterocycles. The fourth-order valence-corrected chi connectivity index (χ4v) is 6.27. The second kappa shape index (κ2) is 9.99. The molecule has 1 fully saturated rings. The lowest BCUT2D eigenvalue weighted by molar-refractivity contribution is 0.141. The first-order chi connectivity index (χ1) is 16.9. The van der Waals surface area contributed by atoms with E-state index in [1.54, 1.807) is 18.2 Å². The zero-order chi connectivity index (χ0) is 24.5. The molecular formula is C28H30FNO4S. The summed E-state index contributed by atoms with van der Waals surface area (Å²) < 4.78 is 27.1. The monoisotopic (exact) mass is 495 g/mol. The summed E-state index contributed by atoms with van der Waals surface area (Å²) in [4.78, 5) is 2.78. The smallest absolute Gasteiger partial charge is 0.182 e. The van der Waals surface area contributed by atoms with Crippen molar-refractivity contribution in [3.05, 3.63) is 77.6 Å². The third-order valence-electron chi connectivity index (χ3n) is 6.91. The minimum atomic E-state index is -0.681. The molecule has 0 aromatic heterocycles. The molecule has 0 radical (unpaired) electrons. The Morgan fingerprint density at radius 1 is 1.06 bits per heavy atom. The Morgan fingerprint density at radius 2 is 1.77 bits per heavy atom. The summed E-state index contributed by atoms with van der Waals surface area (Å²) in [5.74, 6) is 0.282. The molecule has 0 saturated carbocycles. The summed E-state index contributed by atoms with van der Waals surface area (Å²) in [6.07, 6.45) is 2.10. The molecule has 1 saturated heterocycles. The Labute approximate surface area is 209 Å². The van der Waals surface area contributed by atoms with Crippen LogP contribution in [0.4, 0.5) is 4.39 Å². The normalized spacial score (nSPS) is 22.9. The quantitative estimate of drug-likeness (QED) is 0.410. The number of phenols is 2. The van der Waals surface area contributed by atoms with Crippen LogP contribution in [0, 0.1) is 5.82 Å². The molecule has 2 aliphatic heterocycles. The molecule has 4 atom stereocenters. The van der Waals surface area contributed by atoms with Gasteiger partial charge in [-0.05, 0) is 80.8 Å². The second-order valence-corrected chi connectivity index (χ2v) is 10.5. The first-order valence-corrected chi connectivity index (χ1v) is 12.9. The lowest BCUT2D eigenvalue weighted by Gasteiger charge is -2.34. The lowest BCUT2D eigenvalue weighted by Crippen LogP contribution is -2.39. The first kappa shape index (κ1) is 23.8. The van der Waals surface area contributed by atoms with Crippen LogP contribution < -0.4 is 9.47 Å². The van der Waals surface area contributed by atoms with E-state index in [4.69, 9.17) is 9.47 Å². The SMILES string of the molecule is C[C@H]1CCCN1[C@@H](C)COc1ccc([C@@H]2Oc3ccc(O)c(F)c3S[C@@H]2c2ccc(O)cc2)cc1. The summed E-state index contributed by atoms with van der Waals surface area (Å²) in [6, 6.07) is 18.6. The van der Waals surface area contributed by atoms with Gasteiger partial charge < -0.3 is 19.7 Å². The topological polar surface area (TPSA) is 62.2 Å². The van der Waals surface area contributed by atoms with E-state index in [1.807, 2.05) is 36.4 Å². The highest BCUT2D eigenvalue weighted by atomic mass is 32.2. The molecule has 35 heavy (non-hydrogen) atoms. The van der Waals surface area contributed by atoms with Crippen molar-refractivity contribution in [1.82, 2.24) is 4.90 Å². The molecule has 0 aliphatic carbocycles. The standard InChI is InChI=1S/C28H30FNO4S/c1-17-4-3-15-30(17)18(2)16-33-22-11-7-19(8-12-22)26-27(20-5-9-21(31)10-6-20)35-28-24(34-26)14-13-23(32)25(28)29/h5-14,17-18,26-27,31-32H,3-4,15-16H2,1-2H3/t17-,18-,26-,27+/m0/s1. The Morgan fingerprint density at radius 3 is 2.46 bits per heavy atom. The number of thioether (sulfide) groups is 1. The summed E-state index contributed by atoms with van der Waals surface area (Å²) in [5, 5.41) is 19.3. The van der Waals surface area contributed by atoms with Gasteiger partial charge in [0.15, 0.2) is 11.6 Å². The van der Waals surface area contributed by atoms with Crippen LogP contribution >= 0.6 is 11.8 Å². The van der Waals surface area contributed by atoms with Crippen LogP contribution in [-0.4, -0.2) is 40.3 Å². The fraction of sp³-hybridized carbons (Fsp3) is 0.357. The molecule has 7 heteroatoms. The zero-order valence-electron chi connectivity index (χ0n) is 19.9. The van der Waals surface area contributed by atoms with Crippen LogP contribution in [0.5, 0.6) is 23.0 Å². The van der Waals surface area contributed by atoms with Gasteiger partial charge in [-0.1, -0.05) is 24.3 Å². The van der Waals surface area contributed by atoms with Crippen molar-refractivity contribution in [2.75, 3.05) is 13.2 Å². The van der Waals surface area contributed by atoms with Crippen LogP contribution in [0.2, 0.25) is 0 Å². The average molecular weight is 496 g/mol. The molecule has 3 aromatic rings. The number of hydrogen-bond donors (Lipinski definition) is 2. The first-order valence-electron chi connectivity index (χ1n) is 12.0. The second-order valence-electron chi connectivity index (χ2n) is 9.35. The molecule has 5 nitrogen and oxygen atoms in total. The van der Waals surface area contributed by atoms with Crippen LogP contribution in [0.15, 0.2) is 65.6 Å². The zero-order valence-corrected chi connectivity index (χ0v) is 20.7. The van der Waals surface area contributed by atoms with Gasteiger partial charge in [0, 0.05) is 12.1 Å². The maximum atomic E-state index is 14.7. The molecule has 0 unspecified atom stereocenters. The molecule has 0 amide bonds. The van der Waals surface area contributed by atoms with Crippen molar-refractivity contribution in [1.29, 1.82) is 0 Å². The van der Waals surface area contributed by atoms with Crippen molar-refractivity contribution in [3.8, 4) is 23.0 Å². The van der Waals surface area contributed by atoms with E-state index in [2.05, 4.69) is 18.7 Å². The van der Waals surface area contributed by atoms with Crippen LogP contribution in [0.1, 0.15) is 49.2 Å². The van der Waals surface area contributed by atoms with Gasteiger partial charge in [0.05, 0.1) is 10.1 Å². The van der Waals surface area contributed by atoms with Gasteiger partial charge >= 0.3 is 0 Å². The molecule has 2 aliphatic rings. The Bertz CT molecular complexity index is 1170. The predicted molar refractivity (Wildman–Crippen MR) is 135 cm³/mol. The average Bonchev–Trinajstić information content (AvgIpc) is 3.31. The van der Waals surface area contributed by atoms with E-state index >= 15 is 0 Å². The van der Waals surface area contributed by atoms with Gasteiger partial charge in [-0.15, -0.1) is 11.8 Å². The van der Waals surface area contributed by atoms with Gasteiger partial charge in [0.2, 0.25) is 0 Å². The number of ether oxygens (including phenoxy) is 2. The van der Waals surface area contributed by atoms with Gasteiger partial charge in [-0.25, -0.2) is 4.39 Å². The number of likely N-dealkylation sites (tertiary alicyclic amines) is 1. The van der Waals surface area contributed by atoms with Crippen molar-refractivity contribution in [2.45, 2.75) is 55.0 Å². The summed E-state index contributed by atoms with van der Waals surface area (Å²) >= 11 is 1.31. The van der Waals surface area contributed by atoms with E-state index < -0.39 is 11.6 Å². The lowest BCUT2D eigenvalue weighted by atomic mass is 10.00. The van der Waals surface area contributed by atoms with Gasteiger partial charge in [-0.3, -0.25) is 4.90 Å². The highest BCUT2D eigenvalue weighted by Gasteiger charge is 2.35. The van der Waals surface area contributed by atoms with E-state index in [0.29, 0.717) is 24.4 Å². The predicted octanol–water partition coefficient (Wildman–Crippen LogP) is 6.46. The Hall–Kier alpha value is -2.90. The largest absolute Gasteiger partial charge is 0.508 e. The number of phenolic OH excluding ortho intramolecular Hbond substituents is 2. The minimum Gasteiger partial charge on any atom is -0.508 e. The molecule has 2 N–H and O–H groups in total. The van der Waals surface area contributed by atoms with E-state index in [0.717, 1.165) is 23.4 Å². The van der Waals surface area contributed by atoms with Crippen molar-refractivity contribution >= 4 is 11.8 Å². The Balaban J connectivity index is 1.37. The highest BCUT2D eigenvalue weighted by Crippen LogP contribution is 2.55. The van der Waals surface area contributed by atoms with E-state index in [9.17, 15) is 14.6 Å². The number of rotatable bonds is 6. The third kappa shape index (κ3) is 4.93. The van der Waals surface area contributed by atoms with Crippen LogP contribution in [0.25, 0.3) is 0 Å². The van der Waals surface area contributed by atoms with Gasteiger partial charge in [-0.2, -0.15) is 0 Å². The van der Waals surface area contributed by atoms with Crippen molar-refractivity contribution in [2.24, 2.45) is 0 Å². The number of fused-ring (bicyclic) bond motifs is 1. The molecule has 0 spiro atoms. The fourth-order valence-electron chi connectivity index (χ4n) is 4.94. The molecule has 0 bridgehead atoms. The molecule has 184 valence electrons. The van der Waals surface area contributed by atoms with Crippen molar-refractivity contribution < 1.29 is 24.1 Å². The highest BCUT2D eigenvalue weighted by molar-refractivity contribution is 7.99. The number of nitrogens with zero attached hydrogens (tertiary/aromatic N) is 1. The summed E-state index contributed by atoms with van der Waals surface area (Å²) in [5.41, 5.74) is 1.82. The summed E-state index contributed by atoms with van der Waals surface area (Å²) in [7, 11) is 0. The molecule has 5 rings (SSSR count). The van der Waals surface area contributed by atoms with Crippen molar-refractivity contribution in [3.63, 3.8) is 0 Å². The maximum Gasteiger partial charge on any atom is 0.182 e. The third-order valence-corrected chi connectivity index (χ3v) is 8.30. The number of aromatic hydroxyl groups is 2. The number of hydrogen-bond acceptors (Lipinski definition) is 6. The molecular weight excluding hydrogens is 465 g/mol. The minimum absolute atomic E-state index is 0.162. The van der Waals surface area contributed by atoms with Gasteiger partial charge in [0.1, 0.15) is 30.0 Å². The number of halogens is 1. The van der Waals surface area contributed by atoms with Crippen LogP contribution in [-0.2, 0) is 0 Å². The molecule has 3 aromatic carbocycles. The Kier molecular flexibility index (Phi) is 6.80. The summed E-state index contributed by atoms with van der Waals surface area (Å²) in [6.45, 7) is 6.24. The number of benzene rings is 3. The van der Waals surface area contributed by atoms with Crippen LogP contribution in [0.3, 0.4) is 0 Å².